The van der Waals surface area contributed by atoms with Crippen LogP contribution in [0.25, 0.3) is 0 Å². The fraction of sp³-hybridized carbons (Fsp3) is 0.600. The van der Waals surface area contributed by atoms with Crippen LogP contribution in [-0.4, -0.2) is 64.7 Å². The van der Waals surface area contributed by atoms with Crippen LogP contribution in [0.1, 0.15) is 51.2 Å². The van der Waals surface area contributed by atoms with E-state index in [0.717, 1.165) is 71.7 Å². The summed E-state index contributed by atoms with van der Waals surface area (Å²) >= 11 is 2.30. The summed E-state index contributed by atoms with van der Waals surface area (Å²) in [6, 6.07) is 17.2. The fourth-order valence-electron chi connectivity index (χ4n) is 4.52. The van der Waals surface area contributed by atoms with Gasteiger partial charge >= 0.3 is 0 Å². The Morgan fingerprint density at radius 1 is 0.811 bits per heavy atom. The zero-order chi connectivity index (χ0) is 25.9. The SMILES string of the molecule is C.CCC1(CCNC)OCCO1.Cc1ccc(I)cc1.Cc1ccc(N2CCC3(CC2)OCCO3)cc1. The van der Waals surface area contributed by atoms with Crippen molar-refractivity contribution in [2.75, 3.05) is 58.0 Å². The molecule has 0 aliphatic carbocycles. The molecule has 2 aromatic rings. The molecule has 0 unspecified atom stereocenters. The van der Waals surface area contributed by atoms with E-state index in [1.807, 2.05) is 7.05 Å². The second-order valence-corrected chi connectivity index (χ2v) is 10.8. The van der Waals surface area contributed by atoms with Crippen LogP contribution in [0.5, 0.6) is 0 Å². The van der Waals surface area contributed by atoms with Crippen molar-refractivity contribution in [3.63, 3.8) is 0 Å². The Labute approximate surface area is 238 Å². The molecule has 3 heterocycles. The minimum atomic E-state index is -0.275. The Balaban J connectivity index is 0.000000209. The molecule has 1 N–H and O–H groups in total. The van der Waals surface area contributed by atoms with E-state index in [1.54, 1.807) is 0 Å². The van der Waals surface area contributed by atoms with E-state index in [2.05, 4.69) is 102 Å². The predicted octanol–water partition coefficient (Wildman–Crippen LogP) is 6.32. The number of hydrogen-bond acceptors (Lipinski definition) is 6. The van der Waals surface area contributed by atoms with E-state index in [0.29, 0.717) is 0 Å². The van der Waals surface area contributed by atoms with Crippen molar-refractivity contribution in [3.05, 3.63) is 63.2 Å². The molecule has 0 radical (unpaired) electrons. The second kappa shape index (κ2) is 16.0. The van der Waals surface area contributed by atoms with E-state index in [9.17, 15) is 0 Å². The van der Waals surface area contributed by atoms with E-state index in [-0.39, 0.29) is 19.0 Å². The number of aryl methyl sites for hydroxylation is 2. The lowest BCUT2D eigenvalue weighted by molar-refractivity contribution is -0.169. The highest BCUT2D eigenvalue weighted by Gasteiger charge is 2.39. The fourth-order valence-corrected chi connectivity index (χ4v) is 4.88. The molecule has 0 amide bonds. The van der Waals surface area contributed by atoms with Crippen LogP contribution in [0.4, 0.5) is 5.69 Å². The molecule has 37 heavy (non-hydrogen) atoms. The summed E-state index contributed by atoms with van der Waals surface area (Å²) in [5.74, 6) is -0.537. The average Bonchev–Trinajstić information content (AvgIpc) is 3.57. The number of hydrogen-bond donors (Lipinski definition) is 1. The molecule has 3 fully saturated rings. The van der Waals surface area contributed by atoms with Gasteiger partial charge in [-0.1, -0.05) is 49.7 Å². The molecular weight excluding hydrogens is 579 g/mol. The van der Waals surface area contributed by atoms with E-state index in [4.69, 9.17) is 18.9 Å². The van der Waals surface area contributed by atoms with Crippen molar-refractivity contribution in [1.29, 1.82) is 0 Å². The van der Waals surface area contributed by atoms with Crippen LogP contribution in [-0.2, 0) is 18.9 Å². The molecule has 1 spiro atoms. The summed E-state index contributed by atoms with van der Waals surface area (Å²) in [4.78, 5) is 2.41. The predicted molar refractivity (Wildman–Crippen MR) is 161 cm³/mol. The lowest BCUT2D eigenvalue weighted by Crippen LogP contribution is -2.45. The third kappa shape index (κ3) is 10.1. The Morgan fingerprint density at radius 2 is 1.30 bits per heavy atom. The maximum Gasteiger partial charge on any atom is 0.171 e. The first-order chi connectivity index (χ1) is 17.4. The van der Waals surface area contributed by atoms with E-state index >= 15 is 0 Å². The third-order valence-electron chi connectivity index (χ3n) is 6.86. The van der Waals surface area contributed by atoms with Crippen LogP contribution in [0.2, 0.25) is 0 Å². The zero-order valence-electron chi connectivity index (χ0n) is 22.4. The van der Waals surface area contributed by atoms with Crippen molar-refractivity contribution < 1.29 is 18.9 Å². The number of nitrogens with one attached hydrogen (secondary N) is 1. The Hall–Kier alpha value is -1.23. The van der Waals surface area contributed by atoms with Crippen molar-refractivity contribution >= 4 is 28.3 Å². The number of benzene rings is 2. The molecule has 7 heteroatoms. The molecule has 0 bridgehead atoms. The van der Waals surface area contributed by atoms with Gasteiger partial charge in [0.15, 0.2) is 11.6 Å². The van der Waals surface area contributed by atoms with Crippen molar-refractivity contribution in [2.45, 2.75) is 65.5 Å². The van der Waals surface area contributed by atoms with Gasteiger partial charge in [0.05, 0.1) is 26.4 Å². The second-order valence-electron chi connectivity index (χ2n) is 9.54. The first-order valence-electron chi connectivity index (χ1n) is 13.1. The van der Waals surface area contributed by atoms with Gasteiger partial charge in [-0.15, -0.1) is 0 Å². The number of rotatable bonds is 5. The lowest BCUT2D eigenvalue weighted by Gasteiger charge is -2.38. The number of ether oxygens (including phenoxy) is 4. The smallest absolute Gasteiger partial charge is 0.171 e. The molecule has 0 atom stereocenters. The zero-order valence-corrected chi connectivity index (χ0v) is 24.5. The highest BCUT2D eigenvalue weighted by atomic mass is 127. The summed E-state index contributed by atoms with van der Waals surface area (Å²) in [7, 11) is 1.94. The molecule has 3 aliphatic rings. The highest BCUT2D eigenvalue weighted by Crippen LogP contribution is 2.33. The van der Waals surface area contributed by atoms with Crippen LogP contribution >= 0.6 is 22.6 Å². The topological polar surface area (TPSA) is 52.2 Å². The van der Waals surface area contributed by atoms with Gasteiger partial charge < -0.3 is 29.2 Å². The molecule has 0 saturated carbocycles. The maximum absolute atomic E-state index is 5.74. The van der Waals surface area contributed by atoms with Gasteiger partial charge in [-0.05, 0) is 80.7 Å². The average molecular weight is 627 g/mol. The normalized spacial score (nSPS) is 19.3. The lowest BCUT2D eigenvalue weighted by atomic mass is 10.0. The first kappa shape index (κ1) is 32.0. The minimum absolute atomic E-state index is 0. The number of piperidine rings is 1. The summed E-state index contributed by atoms with van der Waals surface area (Å²) in [6.45, 7) is 12.3. The minimum Gasteiger partial charge on any atom is -0.371 e. The van der Waals surface area contributed by atoms with Gasteiger partial charge in [0.25, 0.3) is 0 Å². The van der Waals surface area contributed by atoms with Crippen LogP contribution in [0, 0.1) is 17.4 Å². The Kier molecular flexibility index (Phi) is 13.8. The van der Waals surface area contributed by atoms with Gasteiger partial charge in [-0.3, -0.25) is 0 Å². The number of anilines is 1. The van der Waals surface area contributed by atoms with Crippen LogP contribution < -0.4 is 10.2 Å². The van der Waals surface area contributed by atoms with Gasteiger partial charge in [-0.25, -0.2) is 0 Å². The van der Waals surface area contributed by atoms with E-state index < -0.39 is 0 Å². The molecule has 0 aromatic heterocycles. The van der Waals surface area contributed by atoms with Gasteiger partial charge in [0, 0.05) is 41.6 Å². The monoisotopic (exact) mass is 626 g/mol. The Morgan fingerprint density at radius 3 is 1.76 bits per heavy atom. The summed E-state index contributed by atoms with van der Waals surface area (Å²) in [6.07, 6.45) is 3.83. The molecule has 208 valence electrons. The van der Waals surface area contributed by atoms with Gasteiger partial charge in [0.2, 0.25) is 0 Å². The van der Waals surface area contributed by atoms with Gasteiger partial charge in [0.1, 0.15) is 0 Å². The molecule has 5 rings (SSSR count). The molecule has 3 saturated heterocycles. The summed E-state index contributed by atoms with van der Waals surface area (Å²) < 4.78 is 23.8. The van der Waals surface area contributed by atoms with Crippen LogP contribution in [0.3, 0.4) is 0 Å². The maximum atomic E-state index is 5.74. The number of halogens is 1. The third-order valence-corrected chi connectivity index (χ3v) is 7.58. The van der Waals surface area contributed by atoms with E-state index in [1.165, 1.54) is 20.4 Å². The van der Waals surface area contributed by atoms with Crippen molar-refractivity contribution in [3.8, 4) is 0 Å². The van der Waals surface area contributed by atoms with Crippen molar-refractivity contribution in [1.82, 2.24) is 5.32 Å². The van der Waals surface area contributed by atoms with Crippen molar-refractivity contribution in [2.24, 2.45) is 0 Å². The number of nitrogens with zero attached hydrogens (tertiary/aromatic N) is 1. The summed E-state index contributed by atoms with van der Waals surface area (Å²) in [5, 5.41) is 3.09. The molecular formula is C30H47IN2O4. The standard InChI is InChI=1S/C14H19NO2.C8H17NO2.C7H7I.CH4/c1-12-2-4-13(5-3-12)15-8-6-14(7-9-15)16-10-11-17-14;1-3-8(4-5-9-2)10-6-7-11-8;1-6-2-4-7(8)5-3-6;/h2-5H,6-11H2,1H3;9H,3-7H2,1-2H3;2-5H,1H3;1H4. The first-order valence-corrected chi connectivity index (χ1v) is 14.2. The van der Waals surface area contributed by atoms with Gasteiger partial charge in [-0.2, -0.15) is 0 Å². The highest BCUT2D eigenvalue weighted by molar-refractivity contribution is 14.1. The van der Waals surface area contributed by atoms with Crippen LogP contribution in [0.15, 0.2) is 48.5 Å². The molecule has 6 nitrogen and oxygen atoms in total. The summed E-state index contributed by atoms with van der Waals surface area (Å²) in [5.41, 5.74) is 3.94. The molecule has 2 aromatic carbocycles. The molecule has 3 aliphatic heterocycles. The quantitative estimate of drug-likeness (QED) is 0.392. The largest absolute Gasteiger partial charge is 0.371 e. The Bertz CT molecular complexity index is 848.